The highest BCUT2D eigenvalue weighted by molar-refractivity contribution is 5.21. The highest BCUT2D eigenvalue weighted by atomic mass is 16.5. The summed E-state index contributed by atoms with van der Waals surface area (Å²) in [4.78, 5) is 0. The van der Waals surface area contributed by atoms with Gasteiger partial charge in [-0.15, -0.1) is 0 Å². The third-order valence-electron chi connectivity index (χ3n) is 13.4. The molecule has 1 heterocycles. The van der Waals surface area contributed by atoms with Crippen molar-refractivity contribution in [3.8, 4) is 0 Å². The van der Waals surface area contributed by atoms with E-state index in [9.17, 15) is 20.4 Å². The molecule has 0 spiro atoms. The summed E-state index contributed by atoms with van der Waals surface area (Å²) in [5, 5.41) is 44.9. The van der Waals surface area contributed by atoms with Crippen LogP contribution in [0.5, 0.6) is 0 Å². The van der Waals surface area contributed by atoms with Crippen LogP contribution in [0.4, 0.5) is 0 Å². The van der Waals surface area contributed by atoms with E-state index in [4.69, 9.17) is 4.74 Å². The van der Waals surface area contributed by atoms with Crippen molar-refractivity contribution in [3.63, 3.8) is 0 Å². The van der Waals surface area contributed by atoms with Crippen LogP contribution in [0.25, 0.3) is 0 Å². The summed E-state index contributed by atoms with van der Waals surface area (Å²) in [6.07, 6.45) is 5.51. The second-order valence-electron chi connectivity index (χ2n) is 15.5. The van der Waals surface area contributed by atoms with Crippen LogP contribution in [0.15, 0.2) is 0 Å². The normalized spacial score (nSPS) is 57.9. The van der Waals surface area contributed by atoms with Crippen LogP contribution >= 0.6 is 0 Å². The quantitative estimate of drug-likeness (QED) is 0.449. The van der Waals surface area contributed by atoms with E-state index in [0.717, 1.165) is 38.5 Å². The van der Waals surface area contributed by atoms with Crippen LogP contribution in [-0.2, 0) is 4.74 Å². The molecule has 12 atom stereocenters. The zero-order valence-electron chi connectivity index (χ0n) is 23.5. The van der Waals surface area contributed by atoms with E-state index in [-0.39, 0.29) is 57.0 Å². The molecule has 5 nitrogen and oxygen atoms in total. The number of hydrogen-bond donors (Lipinski definition) is 4. The topological polar surface area (TPSA) is 90.2 Å². The lowest BCUT2D eigenvalue weighted by atomic mass is 9.34. The Morgan fingerprint density at radius 2 is 1.37 bits per heavy atom. The van der Waals surface area contributed by atoms with Crippen molar-refractivity contribution in [1.82, 2.24) is 0 Å². The maximum Gasteiger partial charge on any atom is 0.0865 e. The first-order chi connectivity index (χ1) is 15.9. The van der Waals surface area contributed by atoms with Gasteiger partial charge in [-0.2, -0.15) is 0 Å². The molecule has 5 rings (SSSR count). The van der Waals surface area contributed by atoms with Crippen LogP contribution in [0.2, 0.25) is 0 Å². The number of hydrogen-bond acceptors (Lipinski definition) is 5. The van der Waals surface area contributed by atoms with Crippen LogP contribution in [-0.4, -0.2) is 56.0 Å². The monoisotopic (exact) mass is 492 g/mol. The molecule has 0 amide bonds. The molecular weight excluding hydrogens is 440 g/mol. The molecule has 5 fully saturated rings. The molecule has 1 aliphatic heterocycles. The first kappa shape index (κ1) is 26.4. The summed E-state index contributed by atoms with van der Waals surface area (Å²) in [5.74, 6) is 0.882. The Morgan fingerprint density at radius 3 is 1.97 bits per heavy atom. The molecule has 5 aliphatic rings. The summed E-state index contributed by atoms with van der Waals surface area (Å²) in [7, 11) is 0. The minimum Gasteiger partial charge on any atom is -0.393 e. The van der Waals surface area contributed by atoms with Gasteiger partial charge in [0.25, 0.3) is 0 Å². The Balaban J connectivity index is 1.50. The molecule has 4 saturated carbocycles. The van der Waals surface area contributed by atoms with Crippen molar-refractivity contribution < 1.29 is 25.2 Å². The van der Waals surface area contributed by atoms with Crippen molar-refractivity contribution in [2.75, 3.05) is 0 Å². The number of aliphatic hydroxyl groups is 4. The van der Waals surface area contributed by atoms with E-state index in [1.54, 1.807) is 0 Å². The Kier molecular flexibility index (Phi) is 5.80. The fourth-order valence-corrected chi connectivity index (χ4v) is 11.0. The van der Waals surface area contributed by atoms with Crippen LogP contribution < -0.4 is 0 Å². The van der Waals surface area contributed by atoms with Gasteiger partial charge in [-0.25, -0.2) is 0 Å². The van der Waals surface area contributed by atoms with Crippen molar-refractivity contribution in [2.24, 2.45) is 45.3 Å². The average Bonchev–Trinajstić information content (AvgIpc) is 3.32. The van der Waals surface area contributed by atoms with E-state index >= 15 is 0 Å². The number of ether oxygens (including phenoxy) is 1. The molecule has 4 N–H and O–H groups in total. The second-order valence-corrected chi connectivity index (χ2v) is 15.5. The summed E-state index contributed by atoms with van der Waals surface area (Å²) in [6, 6.07) is 0. The molecule has 0 aromatic heterocycles. The highest BCUT2D eigenvalue weighted by Crippen LogP contribution is 2.76. The lowest BCUT2D eigenvalue weighted by Crippen LogP contribution is -2.69. The van der Waals surface area contributed by atoms with Crippen LogP contribution in [0.1, 0.15) is 107 Å². The molecule has 0 radical (unpaired) electrons. The van der Waals surface area contributed by atoms with Crippen molar-refractivity contribution in [3.05, 3.63) is 0 Å². The number of rotatable bonds is 2. The van der Waals surface area contributed by atoms with E-state index < -0.39 is 23.9 Å². The van der Waals surface area contributed by atoms with E-state index in [2.05, 4.69) is 41.5 Å². The fourth-order valence-electron chi connectivity index (χ4n) is 11.0. The Labute approximate surface area is 213 Å². The zero-order chi connectivity index (χ0) is 26.0. The second kappa shape index (κ2) is 7.68. The van der Waals surface area contributed by atoms with Crippen molar-refractivity contribution in [2.45, 2.75) is 142 Å². The molecule has 4 aliphatic carbocycles. The van der Waals surface area contributed by atoms with Crippen LogP contribution in [0, 0.1) is 45.3 Å². The molecule has 1 saturated heterocycles. The Hall–Kier alpha value is -0.200. The van der Waals surface area contributed by atoms with Gasteiger partial charge in [0.15, 0.2) is 0 Å². The minimum absolute atomic E-state index is 0.0147. The maximum absolute atomic E-state index is 11.9. The molecule has 5 heteroatoms. The molecule has 0 aromatic carbocycles. The fraction of sp³-hybridized carbons (Fsp3) is 1.00. The predicted molar refractivity (Wildman–Crippen MR) is 137 cm³/mol. The lowest BCUT2D eigenvalue weighted by molar-refractivity contribution is -0.275. The van der Waals surface area contributed by atoms with Gasteiger partial charge in [-0.1, -0.05) is 34.6 Å². The lowest BCUT2D eigenvalue weighted by Gasteiger charge is -2.71. The Bertz CT molecular complexity index is 850. The van der Waals surface area contributed by atoms with Gasteiger partial charge in [0.2, 0.25) is 0 Å². The SMILES string of the molecule is CC(C)(O)[C@@H]1CC[C@@](C)([C@H]2CC[C@]3(C)[C@@H]2[C@H](O)C[C@@H]2[C@@]4(C)[C@H](O)C[C@@H](O)C(C)(C)[C@@H]4CC[C@]23C)O1. The number of fused-ring (bicyclic) bond motifs is 5. The largest absolute Gasteiger partial charge is 0.393 e. The predicted octanol–water partition coefficient (Wildman–Crippen LogP) is 4.68. The molecule has 0 aromatic rings. The summed E-state index contributed by atoms with van der Waals surface area (Å²) in [6.45, 7) is 17.4. The minimum atomic E-state index is -0.858. The third-order valence-corrected chi connectivity index (χ3v) is 13.4. The van der Waals surface area contributed by atoms with Gasteiger partial charge < -0.3 is 25.2 Å². The smallest absolute Gasteiger partial charge is 0.0865 e. The van der Waals surface area contributed by atoms with E-state index in [0.29, 0.717) is 12.8 Å². The number of aliphatic hydroxyl groups excluding tert-OH is 3. The van der Waals surface area contributed by atoms with Gasteiger partial charge >= 0.3 is 0 Å². The van der Waals surface area contributed by atoms with Gasteiger partial charge in [-0.05, 0) is 106 Å². The van der Waals surface area contributed by atoms with Gasteiger partial charge in [0, 0.05) is 11.8 Å². The summed E-state index contributed by atoms with van der Waals surface area (Å²) in [5.41, 5.74) is -1.76. The highest BCUT2D eigenvalue weighted by Gasteiger charge is 2.73. The first-order valence-electron chi connectivity index (χ1n) is 14.4. The average molecular weight is 493 g/mol. The van der Waals surface area contributed by atoms with E-state index in [1.165, 1.54) is 0 Å². The Morgan fingerprint density at radius 1 is 0.743 bits per heavy atom. The third kappa shape index (κ3) is 3.30. The molecular formula is C30H52O5. The van der Waals surface area contributed by atoms with E-state index in [1.807, 2.05) is 13.8 Å². The summed E-state index contributed by atoms with van der Waals surface area (Å²) < 4.78 is 6.64. The van der Waals surface area contributed by atoms with Crippen molar-refractivity contribution in [1.29, 1.82) is 0 Å². The molecule has 0 unspecified atom stereocenters. The molecule has 35 heavy (non-hydrogen) atoms. The van der Waals surface area contributed by atoms with Crippen molar-refractivity contribution >= 4 is 0 Å². The maximum atomic E-state index is 11.9. The standard InChI is InChI=1S/C30H52O5/c1-25(2)19-10-13-27(5)20(30(19,8)22(33)16-21(25)32)15-18(31)24-17(9-12-28(24,27)6)29(7)14-11-23(35-29)26(3,4)34/h17-24,31-34H,9-16H2,1-8H3/t17-,18+,19-,20-,21+,22+,23-,24-,27+,28+,29-,30-/m0/s1. The van der Waals surface area contributed by atoms with Gasteiger partial charge in [-0.3, -0.25) is 0 Å². The zero-order valence-corrected chi connectivity index (χ0v) is 23.5. The first-order valence-corrected chi connectivity index (χ1v) is 14.4. The van der Waals surface area contributed by atoms with Gasteiger partial charge in [0.05, 0.1) is 35.6 Å². The summed E-state index contributed by atoms with van der Waals surface area (Å²) >= 11 is 0. The molecule has 0 bridgehead atoms. The van der Waals surface area contributed by atoms with Gasteiger partial charge in [0.1, 0.15) is 0 Å². The molecule has 202 valence electrons. The van der Waals surface area contributed by atoms with Crippen LogP contribution in [0.3, 0.4) is 0 Å².